The molecule has 0 N–H and O–H groups in total. The Morgan fingerprint density at radius 1 is 0.957 bits per heavy atom. The van der Waals surface area contributed by atoms with Gasteiger partial charge >= 0.3 is 11.9 Å². The molecular weight excluding hydrogens is 435 g/mol. The zero-order valence-corrected chi connectivity index (χ0v) is 16.9. The summed E-state index contributed by atoms with van der Waals surface area (Å²) < 4.78 is 8.98. The van der Waals surface area contributed by atoms with Gasteiger partial charge in [-0.25, -0.2) is 9.59 Å². The van der Waals surface area contributed by atoms with E-state index in [0.29, 0.717) is 0 Å². The molecule has 0 aliphatic heterocycles. The molecule has 0 atom stereocenters. The number of hydrogen-bond acceptors (Lipinski definition) is 6. The first kappa shape index (κ1) is 20.1. The van der Waals surface area contributed by atoms with Crippen LogP contribution in [0.4, 0.5) is 0 Å². The summed E-state index contributed by atoms with van der Waals surface area (Å²) in [4.78, 5) is 25.3. The highest BCUT2D eigenvalue weighted by Crippen LogP contribution is 2.36. The fourth-order valence-electron chi connectivity index (χ4n) is 1.49. The first-order chi connectivity index (χ1) is 10.3. The number of halogens is 2. The van der Waals surface area contributed by atoms with Crippen LogP contribution in [0, 0.1) is 0 Å². The van der Waals surface area contributed by atoms with Crippen molar-refractivity contribution in [3.05, 3.63) is 23.0 Å². The van der Waals surface area contributed by atoms with Crippen LogP contribution in [0.2, 0.25) is 5.15 Å². The molecule has 8 heteroatoms. The second-order valence-electron chi connectivity index (χ2n) is 6.90. The third-order valence-corrected chi connectivity index (χ3v) is 3.98. The fourth-order valence-corrected chi connectivity index (χ4v) is 2.10. The third kappa shape index (κ3) is 5.56. The first-order valence-electron chi connectivity index (χ1n) is 6.91. The van der Waals surface area contributed by atoms with Gasteiger partial charge in [0, 0.05) is 0 Å². The van der Waals surface area contributed by atoms with E-state index in [9.17, 15) is 9.59 Å². The lowest BCUT2D eigenvalue weighted by molar-refractivity contribution is -0.170. The summed E-state index contributed by atoms with van der Waals surface area (Å²) in [7, 11) is 0. The van der Waals surface area contributed by atoms with Crippen molar-refractivity contribution in [2.75, 3.05) is 0 Å². The molecule has 0 radical (unpaired) electrons. The molecule has 0 spiro atoms. The highest BCUT2D eigenvalue weighted by molar-refractivity contribution is 14.1. The van der Waals surface area contributed by atoms with Crippen LogP contribution in [0.25, 0.3) is 0 Å². The van der Waals surface area contributed by atoms with Gasteiger partial charge in [-0.2, -0.15) is 5.10 Å². The molecule has 0 aromatic carbocycles. The molecule has 0 saturated carbocycles. The van der Waals surface area contributed by atoms with Crippen molar-refractivity contribution < 1.29 is 19.1 Å². The Morgan fingerprint density at radius 3 is 1.70 bits per heavy atom. The molecular formula is C15H20ClIN2O4. The summed E-state index contributed by atoms with van der Waals surface area (Å²) in [6.45, 7) is 10.3. The van der Waals surface area contributed by atoms with Gasteiger partial charge in [0.25, 0.3) is 3.42 Å². The summed E-state index contributed by atoms with van der Waals surface area (Å²) in [6.07, 6.45) is 0. The molecule has 0 unspecified atom stereocenters. The standard InChI is InChI=1S/C15H20ClIN2O4/c1-13(2,3)22-11(20)15(17,12(21)23-14(4,5)6)9-7-8-10(16)19-18-9/h7-8H,1-6H3. The molecule has 0 amide bonds. The van der Waals surface area contributed by atoms with Crippen LogP contribution >= 0.6 is 34.2 Å². The van der Waals surface area contributed by atoms with Crippen molar-refractivity contribution in [2.45, 2.75) is 56.2 Å². The third-order valence-electron chi connectivity index (χ3n) is 2.35. The van der Waals surface area contributed by atoms with E-state index in [-0.39, 0.29) is 10.8 Å². The molecule has 1 aromatic rings. The van der Waals surface area contributed by atoms with Gasteiger partial charge in [0.15, 0.2) is 5.15 Å². The minimum Gasteiger partial charge on any atom is -0.458 e. The van der Waals surface area contributed by atoms with E-state index in [0.717, 1.165) is 0 Å². The number of esters is 2. The highest BCUT2D eigenvalue weighted by atomic mass is 127. The lowest BCUT2D eigenvalue weighted by Gasteiger charge is -2.30. The Labute approximate surface area is 154 Å². The molecule has 1 aromatic heterocycles. The Kier molecular flexibility index (Phi) is 6.01. The van der Waals surface area contributed by atoms with Crippen molar-refractivity contribution in [2.24, 2.45) is 0 Å². The first-order valence-corrected chi connectivity index (χ1v) is 8.37. The van der Waals surface area contributed by atoms with Gasteiger partial charge in [-0.1, -0.05) is 11.6 Å². The van der Waals surface area contributed by atoms with E-state index in [1.807, 2.05) is 0 Å². The number of carbonyl (C=O) groups is 2. The molecule has 23 heavy (non-hydrogen) atoms. The van der Waals surface area contributed by atoms with Crippen LogP contribution in [-0.4, -0.2) is 33.3 Å². The number of alkyl halides is 1. The van der Waals surface area contributed by atoms with Gasteiger partial charge in [-0.05, 0) is 76.3 Å². The SMILES string of the molecule is CC(C)(C)OC(=O)C(I)(C(=O)OC(C)(C)C)c1ccc(Cl)nn1. The van der Waals surface area contributed by atoms with Crippen molar-refractivity contribution in [3.63, 3.8) is 0 Å². The van der Waals surface area contributed by atoms with E-state index in [4.69, 9.17) is 21.1 Å². The quantitative estimate of drug-likeness (QED) is 0.301. The largest absolute Gasteiger partial charge is 0.458 e. The second-order valence-corrected chi connectivity index (χ2v) is 8.91. The van der Waals surface area contributed by atoms with Gasteiger partial charge in [0.05, 0.1) is 0 Å². The molecule has 0 aliphatic carbocycles. The maximum absolute atomic E-state index is 12.7. The molecule has 1 rings (SSSR count). The van der Waals surface area contributed by atoms with E-state index < -0.39 is 26.6 Å². The van der Waals surface area contributed by atoms with Crippen LogP contribution in [0.3, 0.4) is 0 Å². The van der Waals surface area contributed by atoms with E-state index in [2.05, 4.69) is 10.2 Å². The van der Waals surface area contributed by atoms with Crippen molar-refractivity contribution in [1.29, 1.82) is 0 Å². The molecule has 0 saturated heterocycles. The molecule has 128 valence electrons. The average Bonchev–Trinajstić information content (AvgIpc) is 2.34. The zero-order chi connectivity index (χ0) is 18.1. The van der Waals surface area contributed by atoms with Gasteiger partial charge in [0.2, 0.25) is 0 Å². The molecule has 1 heterocycles. The molecule has 0 fully saturated rings. The summed E-state index contributed by atoms with van der Waals surface area (Å²) >= 11 is 7.42. The van der Waals surface area contributed by atoms with Crippen molar-refractivity contribution in [3.8, 4) is 0 Å². The van der Waals surface area contributed by atoms with Gasteiger partial charge in [-0.3, -0.25) is 0 Å². The van der Waals surface area contributed by atoms with E-state index in [1.165, 1.54) is 12.1 Å². The topological polar surface area (TPSA) is 78.4 Å². The van der Waals surface area contributed by atoms with E-state index >= 15 is 0 Å². The monoisotopic (exact) mass is 454 g/mol. The number of aromatic nitrogens is 2. The van der Waals surface area contributed by atoms with Gasteiger partial charge < -0.3 is 9.47 Å². The predicted molar refractivity (Wildman–Crippen MR) is 94.4 cm³/mol. The second kappa shape index (κ2) is 6.88. The van der Waals surface area contributed by atoms with Crippen LogP contribution in [0.15, 0.2) is 12.1 Å². The predicted octanol–water partition coefficient (Wildman–Crippen LogP) is 3.44. The van der Waals surface area contributed by atoms with Crippen LogP contribution < -0.4 is 0 Å². The van der Waals surface area contributed by atoms with Crippen molar-refractivity contribution >= 4 is 46.1 Å². The number of rotatable bonds is 3. The molecule has 6 nitrogen and oxygen atoms in total. The van der Waals surface area contributed by atoms with Crippen LogP contribution in [0.1, 0.15) is 47.2 Å². The summed E-state index contributed by atoms with van der Waals surface area (Å²) in [5.41, 5.74) is -1.43. The van der Waals surface area contributed by atoms with Crippen molar-refractivity contribution in [1.82, 2.24) is 10.2 Å². The number of nitrogens with zero attached hydrogens (tertiary/aromatic N) is 2. The molecule has 0 aliphatic rings. The summed E-state index contributed by atoms with van der Waals surface area (Å²) in [5, 5.41) is 7.71. The lowest BCUT2D eigenvalue weighted by Crippen LogP contribution is -2.46. The fraction of sp³-hybridized carbons (Fsp3) is 0.600. The number of ether oxygens (including phenoxy) is 2. The minimum absolute atomic E-state index is 0.103. The maximum atomic E-state index is 12.7. The Hall–Kier alpha value is -0.960. The zero-order valence-electron chi connectivity index (χ0n) is 13.9. The smallest absolute Gasteiger partial charge is 0.340 e. The van der Waals surface area contributed by atoms with Gasteiger partial charge in [0.1, 0.15) is 16.9 Å². The Balaban J connectivity index is 3.32. The normalized spacial score (nSPS) is 12.7. The Bertz CT molecular complexity index is 563. The Morgan fingerprint density at radius 2 is 1.39 bits per heavy atom. The lowest BCUT2D eigenvalue weighted by atomic mass is 10.0. The number of carbonyl (C=O) groups excluding carboxylic acids is 2. The number of hydrogen-bond donors (Lipinski definition) is 0. The van der Waals surface area contributed by atoms with Crippen LogP contribution in [0.5, 0.6) is 0 Å². The maximum Gasteiger partial charge on any atom is 0.340 e. The summed E-state index contributed by atoms with van der Waals surface area (Å²) in [5.74, 6) is -1.53. The summed E-state index contributed by atoms with van der Waals surface area (Å²) in [6, 6.07) is 2.90. The average molecular weight is 455 g/mol. The molecule has 0 bridgehead atoms. The highest BCUT2D eigenvalue weighted by Gasteiger charge is 2.52. The van der Waals surface area contributed by atoms with Gasteiger partial charge in [-0.15, -0.1) is 5.10 Å². The van der Waals surface area contributed by atoms with Crippen LogP contribution in [-0.2, 0) is 22.5 Å². The van der Waals surface area contributed by atoms with E-state index in [1.54, 1.807) is 64.1 Å². The minimum atomic E-state index is -1.77.